The molecule has 120 valence electrons. The molecule has 0 bridgehead atoms. The highest BCUT2D eigenvalue weighted by Crippen LogP contribution is 2.32. The van der Waals surface area contributed by atoms with Crippen molar-refractivity contribution in [1.82, 2.24) is 4.98 Å². The Labute approximate surface area is 136 Å². The lowest BCUT2D eigenvalue weighted by atomic mass is 9.84. The van der Waals surface area contributed by atoms with Crippen molar-refractivity contribution in [3.63, 3.8) is 0 Å². The number of nitrogens with zero attached hydrogens (tertiary/aromatic N) is 1. The van der Waals surface area contributed by atoms with E-state index in [1.807, 2.05) is 0 Å². The average Bonchev–Trinajstić information content (AvgIpc) is 2.98. The number of fused-ring (bicyclic) bond motifs is 4. The highest BCUT2D eigenvalue weighted by atomic mass is 16.5. The molecule has 0 saturated heterocycles. The number of H-pyrrole nitrogens is 1. The second-order valence-corrected chi connectivity index (χ2v) is 6.60. The smallest absolute Gasteiger partial charge is 0.305 e. The van der Waals surface area contributed by atoms with Gasteiger partial charge in [0, 0.05) is 36.1 Å². The van der Waals surface area contributed by atoms with Gasteiger partial charge in [0.15, 0.2) is 0 Å². The second-order valence-electron chi connectivity index (χ2n) is 6.60. The summed E-state index contributed by atoms with van der Waals surface area (Å²) in [6.45, 7) is 2.23. The van der Waals surface area contributed by atoms with Crippen LogP contribution in [0.2, 0.25) is 0 Å². The molecule has 0 aliphatic carbocycles. The molecule has 4 rings (SSSR count). The van der Waals surface area contributed by atoms with Gasteiger partial charge in [-0.15, -0.1) is 0 Å². The van der Waals surface area contributed by atoms with E-state index in [0.717, 1.165) is 32.4 Å². The zero-order chi connectivity index (χ0) is 15.8. The Bertz CT molecular complexity index is 788. The number of methoxy groups -OCH3 is 1. The highest BCUT2D eigenvalue weighted by molar-refractivity contribution is 6.04. The zero-order valence-electron chi connectivity index (χ0n) is 13.6. The van der Waals surface area contributed by atoms with Crippen LogP contribution >= 0.6 is 0 Å². The Balaban J connectivity index is 1.73. The molecule has 2 aliphatic heterocycles. The van der Waals surface area contributed by atoms with E-state index in [1.165, 1.54) is 41.4 Å². The van der Waals surface area contributed by atoms with Crippen LogP contribution in [0.4, 0.5) is 0 Å². The van der Waals surface area contributed by atoms with E-state index < -0.39 is 0 Å². The van der Waals surface area contributed by atoms with Crippen molar-refractivity contribution in [2.45, 2.75) is 32.1 Å². The third kappa shape index (κ3) is 2.46. The molecule has 0 fully saturated rings. The number of aromatic nitrogens is 1. The summed E-state index contributed by atoms with van der Waals surface area (Å²) in [4.78, 5) is 15.2. The molecule has 0 saturated carbocycles. The van der Waals surface area contributed by atoms with Gasteiger partial charge in [0.05, 0.1) is 7.11 Å². The van der Waals surface area contributed by atoms with Gasteiger partial charge in [-0.2, -0.15) is 0 Å². The van der Waals surface area contributed by atoms with Crippen LogP contribution in [0.5, 0.6) is 0 Å². The molecule has 1 aromatic carbocycles. The molecule has 0 unspecified atom stereocenters. The van der Waals surface area contributed by atoms with Crippen LogP contribution in [0, 0.1) is 5.92 Å². The van der Waals surface area contributed by atoms with Crippen LogP contribution in [-0.2, 0) is 16.0 Å². The van der Waals surface area contributed by atoms with Crippen LogP contribution in [0.1, 0.15) is 36.9 Å². The van der Waals surface area contributed by atoms with E-state index in [2.05, 4.69) is 33.8 Å². The van der Waals surface area contributed by atoms with Crippen LogP contribution in [0.25, 0.3) is 10.9 Å². The first-order valence-corrected chi connectivity index (χ1v) is 8.56. The maximum absolute atomic E-state index is 11.5. The first-order valence-electron chi connectivity index (χ1n) is 8.56. The van der Waals surface area contributed by atoms with E-state index in [1.54, 1.807) is 0 Å². The number of carbonyl (C=O) groups is 1. The van der Waals surface area contributed by atoms with E-state index in [4.69, 9.17) is 4.74 Å². The Morgan fingerprint density at radius 2 is 2.22 bits per heavy atom. The predicted molar refractivity (Wildman–Crippen MR) is 90.1 cm³/mol. The summed E-state index contributed by atoms with van der Waals surface area (Å²) in [5.74, 6) is 0.352. The van der Waals surface area contributed by atoms with Crippen LogP contribution in [0.3, 0.4) is 0 Å². The molecule has 1 aromatic heterocycles. The standard InChI is InChI=1S/C19H22N2O2/c1-23-17(22)9-8-13-5-4-11-21-12-10-15-14-6-2-3-7-16(14)20-18(15)19(13)21/h2-3,6-7,13H,4-5,8-12H2,1H3/p+1/t13-/m1/s1. The van der Waals surface area contributed by atoms with Gasteiger partial charge in [-0.3, -0.25) is 4.79 Å². The van der Waals surface area contributed by atoms with Crippen molar-refractivity contribution in [2.75, 3.05) is 20.2 Å². The molecule has 1 N–H and O–H groups in total. The first-order chi connectivity index (χ1) is 11.3. The van der Waals surface area contributed by atoms with Gasteiger partial charge in [0.2, 0.25) is 5.71 Å². The Hall–Kier alpha value is -2.10. The minimum absolute atomic E-state index is 0.101. The Morgan fingerprint density at radius 1 is 1.35 bits per heavy atom. The van der Waals surface area contributed by atoms with E-state index in [9.17, 15) is 4.79 Å². The lowest BCUT2D eigenvalue weighted by molar-refractivity contribution is -0.535. The molecular weight excluding hydrogens is 288 g/mol. The molecular formula is C19H23N2O2+. The Morgan fingerprint density at radius 3 is 3.09 bits per heavy atom. The fraction of sp³-hybridized carbons (Fsp3) is 0.474. The van der Waals surface area contributed by atoms with Crippen molar-refractivity contribution in [1.29, 1.82) is 0 Å². The summed E-state index contributed by atoms with van der Waals surface area (Å²) in [5.41, 5.74) is 5.42. The summed E-state index contributed by atoms with van der Waals surface area (Å²) >= 11 is 0. The van der Waals surface area contributed by atoms with Gasteiger partial charge in [0.1, 0.15) is 18.8 Å². The minimum atomic E-state index is -0.101. The van der Waals surface area contributed by atoms with E-state index in [-0.39, 0.29) is 5.97 Å². The first kappa shape index (κ1) is 14.5. The van der Waals surface area contributed by atoms with Gasteiger partial charge in [-0.25, -0.2) is 4.58 Å². The number of hydrogen-bond donors (Lipinski definition) is 1. The maximum Gasteiger partial charge on any atom is 0.305 e. The normalized spacial score (nSPS) is 20.3. The molecule has 2 aliphatic rings. The second kappa shape index (κ2) is 5.84. The molecule has 0 spiro atoms. The lowest BCUT2D eigenvalue weighted by Crippen LogP contribution is -2.39. The molecule has 23 heavy (non-hydrogen) atoms. The van der Waals surface area contributed by atoms with Crippen molar-refractivity contribution in [2.24, 2.45) is 5.92 Å². The summed E-state index contributed by atoms with van der Waals surface area (Å²) in [6.07, 6.45) is 4.87. The summed E-state index contributed by atoms with van der Waals surface area (Å²) in [6, 6.07) is 8.57. The van der Waals surface area contributed by atoms with Gasteiger partial charge < -0.3 is 9.72 Å². The molecule has 0 amide bonds. The molecule has 4 nitrogen and oxygen atoms in total. The van der Waals surface area contributed by atoms with Crippen molar-refractivity contribution >= 4 is 22.6 Å². The number of para-hydroxylation sites is 1. The van der Waals surface area contributed by atoms with Gasteiger partial charge >= 0.3 is 5.97 Å². The quantitative estimate of drug-likeness (QED) is 0.700. The zero-order valence-corrected chi connectivity index (χ0v) is 13.6. The largest absolute Gasteiger partial charge is 0.469 e. The van der Waals surface area contributed by atoms with Crippen molar-refractivity contribution < 1.29 is 14.1 Å². The van der Waals surface area contributed by atoms with E-state index >= 15 is 0 Å². The molecule has 4 heteroatoms. The predicted octanol–water partition coefficient (Wildman–Crippen LogP) is 2.89. The molecule has 1 atom stereocenters. The van der Waals surface area contributed by atoms with Crippen LogP contribution in [-0.4, -0.2) is 41.4 Å². The van der Waals surface area contributed by atoms with Crippen molar-refractivity contribution in [3.05, 3.63) is 35.5 Å². The van der Waals surface area contributed by atoms with Gasteiger partial charge in [-0.1, -0.05) is 18.2 Å². The average molecular weight is 311 g/mol. The summed E-state index contributed by atoms with van der Waals surface area (Å²) in [7, 11) is 1.47. The number of aromatic amines is 1. The maximum atomic E-state index is 11.5. The number of nitrogens with one attached hydrogen (secondary N) is 1. The SMILES string of the molecule is COC(=O)CC[C@H]1CCC[N+]2=C1c1[nH]c3ccccc3c1CC2. The Kier molecular flexibility index (Phi) is 3.68. The molecule has 2 aromatic rings. The van der Waals surface area contributed by atoms with Gasteiger partial charge in [0.25, 0.3) is 0 Å². The molecule has 3 heterocycles. The molecule has 0 radical (unpaired) electrons. The van der Waals surface area contributed by atoms with Crippen molar-refractivity contribution in [3.8, 4) is 0 Å². The van der Waals surface area contributed by atoms with Crippen LogP contribution < -0.4 is 0 Å². The number of benzene rings is 1. The number of hydrogen-bond acceptors (Lipinski definition) is 2. The monoisotopic (exact) mass is 311 g/mol. The number of carbonyl (C=O) groups excluding carboxylic acids is 1. The highest BCUT2D eigenvalue weighted by Gasteiger charge is 2.37. The summed E-state index contributed by atoms with van der Waals surface area (Å²) < 4.78 is 7.36. The van der Waals surface area contributed by atoms with Crippen LogP contribution in [0.15, 0.2) is 24.3 Å². The minimum Gasteiger partial charge on any atom is -0.469 e. The number of ether oxygens (including phenoxy) is 1. The third-order valence-electron chi connectivity index (χ3n) is 5.33. The topological polar surface area (TPSA) is 45.1 Å². The fourth-order valence-electron chi connectivity index (χ4n) is 4.24. The fourth-order valence-corrected chi connectivity index (χ4v) is 4.24. The number of rotatable bonds is 3. The summed E-state index contributed by atoms with van der Waals surface area (Å²) in [5, 5.41) is 1.35. The third-order valence-corrected chi connectivity index (χ3v) is 5.33. The van der Waals surface area contributed by atoms with Gasteiger partial charge in [-0.05, 0) is 24.5 Å². The van der Waals surface area contributed by atoms with E-state index in [0.29, 0.717) is 12.3 Å². The lowest BCUT2D eigenvalue weighted by Gasteiger charge is -2.26. The number of esters is 1.